The van der Waals surface area contributed by atoms with Crippen LogP contribution in [-0.4, -0.2) is 40.3 Å². The van der Waals surface area contributed by atoms with Crippen LogP contribution in [0.2, 0.25) is 0 Å². The molecule has 1 N–H and O–H groups in total. The van der Waals surface area contributed by atoms with Crippen LogP contribution in [0.15, 0.2) is 94.7 Å². The summed E-state index contributed by atoms with van der Waals surface area (Å²) in [5, 5.41) is 0. The van der Waals surface area contributed by atoms with Gasteiger partial charge in [0.1, 0.15) is 12.7 Å². The Morgan fingerprint density at radius 2 is 1.55 bits per heavy atom. The second-order valence-electron chi connectivity index (χ2n) is 7.28. The molecule has 0 bridgehead atoms. The minimum atomic E-state index is -1.04. The highest BCUT2D eigenvalue weighted by molar-refractivity contribution is 5.90. The lowest BCUT2D eigenvalue weighted by Gasteiger charge is -2.19. The van der Waals surface area contributed by atoms with Gasteiger partial charge >= 0.3 is 17.6 Å². The summed E-state index contributed by atoms with van der Waals surface area (Å²) in [5.74, 6) is -1.21. The third kappa shape index (κ3) is 4.83. The predicted molar refractivity (Wildman–Crippen MR) is 117 cm³/mol. The molecular formula is C24H20N2O7. The van der Waals surface area contributed by atoms with E-state index in [4.69, 9.17) is 14.2 Å². The van der Waals surface area contributed by atoms with Gasteiger partial charge in [0.05, 0.1) is 11.1 Å². The topological polar surface area (TPSA) is 117 Å². The van der Waals surface area contributed by atoms with Crippen LogP contribution < -0.4 is 11.2 Å². The molecule has 0 aliphatic carbocycles. The first-order valence-corrected chi connectivity index (χ1v) is 10.1. The number of hydrogen-bond donors (Lipinski definition) is 1. The number of carbonyl (C=O) groups is 2. The first kappa shape index (κ1) is 22.0. The highest BCUT2D eigenvalue weighted by atomic mass is 16.6. The number of aromatic nitrogens is 2. The molecule has 2 aromatic carbocycles. The van der Waals surface area contributed by atoms with Crippen molar-refractivity contribution in [3.05, 3.63) is 117 Å². The van der Waals surface area contributed by atoms with E-state index >= 15 is 0 Å². The molecule has 4 rings (SSSR count). The van der Waals surface area contributed by atoms with Crippen molar-refractivity contribution in [2.45, 2.75) is 18.4 Å². The first-order valence-electron chi connectivity index (χ1n) is 10.1. The second kappa shape index (κ2) is 9.49. The molecule has 3 aromatic rings. The average molecular weight is 448 g/mol. The fraction of sp³-hybridized carbons (Fsp3) is 0.167. The molecule has 0 saturated carbocycles. The normalized spacial score (nSPS) is 19.8. The highest BCUT2D eigenvalue weighted by Gasteiger charge is 2.43. The monoisotopic (exact) mass is 448 g/mol. The number of nitrogens with one attached hydrogen (secondary N) is 1. The summed E-state index contributed by atoms with van der Waals surface area (Å²) in [5.41, 5.74) is -0.367. The van der Waals surface area contributed by atoms with Gasteiger partial charge in [0.25, 0.3) is 5.56 Å². The van der Waals surface area contributed by atoms with Crippen LogP contribution in [0.25, 0.3) is 0 Å². The van der Waals surface area contributed by atoms with Crippen LogP contribution in [0, 0.1) is 0 Å². The van der Waals surface area contributed by atoms with Crippen LogP contribution in [0.1, 0.15) is 26.9 Å². The second-order valence-corrected chi connectivity index (χ2v) is 7.28. The van der Waals surface area contributed by atoms with Crippen molar-refractivity contribution < 1.29 is 23.8 Å². The van der Waals surface area contributed by atoms with Crippen LogP contribution in [-0.2, 0) is 14.2 Å². The lowest BCUT2D eigenvalue weighted by Crippen LogP contribution is -2.33. The van der Waals surface area contributed by atoms with Gasteiger partial charge in [0, 0.05) is 17.8 Å². The molecule has 0 unspecified atom stereocenters. The van der Waals surface area contributed by atoms with Gasteiger partial charge in [0.15, 0.2) is 12.3 Å². The molecule has 0 spiro atoms. The zero-order valence-corrected chi connectivity index (χ0v) is 17.4. The third-order valence-corrected chi connectivity index (χ3v) is 5.06. The van der Waals surface area contributed by atoms with Crippen molar-refractivity contribution in [2.24, 2.45) is 0 Å². The number of H-pyrrole nitrogens is 1. The summed E-state index contributed by atoms with van der Waals surface area (Å²) in [6.45, 7) is 3.69. The van der Waals surface area contributed by atoms with Gasteiger partial charge in [-0.1, -0.05) is 43.0 Å². The summed E-state index contributed by atoms with van der Waals surface area (Å²) in [6, 6.07) is 17.9. The molecule has 1 aliphatic heterocycles. The minimum Gasteiger partial charge on any atom is -0.459 e. The van der Waals surface area contributed by atoms with Crippen LogP contribution >= 0.6 is 0 Å². The van der Waals surface area contributed by atoms with E-state index in [9.17, 15) is 19.2 Å². The zero-order chi connectivity index (χ0) is 23.4. The number of rotatable bonds is 6. The van der Waals surface area contributed by atoms with E-state index in [0.717, 1.165) is 10.6 Å². The van der Waals surface area contributed by atoms with E-state index in [1.807, 2.05) is 0 Å². The summed E-state index contributed by atoms with van der Waals surface area (Å²) >= 11 is 0. The lowest BCUT2D eigenvalue weighted by atomic mass is 10.1. The Labute approximate surface area is 187 Å². The molecule has 0 radical (unpaired) electrons. The van der Waals surface area contributed by atoms with E-state index in [1.165, 1.54) is 6.20 Å². The summed E-state index contributed by atoms with van der Waals surface area (Å²) in [6.07, 6.45) is -1.72. The molecule has 1 aromatic heterocycles. The number of benzene rings is 2. The van der Waals surface area contributed by atoms with Gasteiger partial charge in [-0.15, -0.1) is 0 Å². The maximum Gasteiger partial charge on any atom is 0.338 e. The molecule has 168 valence electrons. The quantitative estimate of drug-likeness (QED) is 0.453. The smallest absolute Gasteiger partial charge is 0.338 e. The Kier molecular flexibility index (Phi) is 6.32. The van der Waals surface area contributed by atoms with Crippen molar-refractivity contribution in [2.75, 3.05) is 6.61 Å². The molecular weight excluding hydrogens is 428 g/mol. The van der Waals surface area contributed by atoms with E-state index in [-0.39, 0.29) is 12.2 Å². The summed E-state index contributed by atoms with van der Waals surface area (Å²) in [7, 11) is 0. The Morgan fingerprint density at radius 1 is 0.939 bits per heavy atom. The number of carbonyl (C=O) groups excluding carboxylic acids is 2. The molecule has 0 amide bonds. The van der Waals surface area contributed by atoms with Crippen LogP contribution in [0.4, 0.5) is 0 Å². The Balaban J connectivity index is 1.57. The van der Waals surface area contributed by atoms with Crippen LogP contribution in [0.5, 0.6) is 0 Å². The number of nitrogens with zero attached hydrogens (tertiary/aromatic N) is 1. The van der Waals surface area contributed by atoms with Gasteiger partial charge in [-0.3, -0.25) is 14.3 Å². The fourth-order valence-corrected chi connectivity index (χ4v) is 3.41. The molecule has 3 atom stereocenters. The molecule has 1 saturated heterocycles. The minimum absolute atomic E-state index is 0.256. The summed E-state index contributed by atoms with van der Waals surface area (Å²) in [4.78, 5) is 50.9. The Morgan fingerprint density at radius 3 is 2.15 bits per heavy atom. The predicted octanol–water partition coefficient (Wildman–Crippen LogP) is 2.07. The Hall–Kier alpha value is -4.24. The van der Waals surface area contributed by atoms with E-state index in [1.54, 1.807) is 60.7 Å². The lowest BCUT2D eigenvalue weighted by molar-refractivity contribution is -0.0579. The van der Waals surface area contributed by atoms with Crippen molar-refractivity contribution in [1.29, 1.82) is 0 Å². The Bertz CT molecular complexity index is 1280. The first-order chi connectivity index (χ1) is 15.9. The highest BCUT2D eigenvalue weighted by Crippen LogP contribution is 2.35. The summed E-state index contributed by atoms with van der Waals surface area (Å²) < 4.78 is 18.0. The van der Waals surface area contributed by atoms with Crippen LogP contribution in [0.3, 0.4) is 0 Å². The van der Waals surface area contributed by atoms with Gasteiger partial charge in [-0.2, -0.15) is 0 Å². The molecule has 9 heteroatoms. The van der Waals surface area contributed by atoms with E-state index < -0.39 is 41.6 Å². The van der Waals surface area contributed by atoms with E-state index in [2.05, 4.69) is 11.6 Å². The van der Waals surface area contributed by atoms with Crippen molar-refractivity contribution in [3.8, 4) is 0 Å². The zero-order valence-electron chi connectivity index (χ0n) is 17.4. The molecule has 1 aliphatic rings. The van der Waals surface area contributed by atoms with Gasteiger partial charge in [0.2, 0.25) is 0 Å². The molecule has 33 heavy (non-hydrogen) atoms. The number of esters is 2. The molecule has 2 heterocycles. The van der Waals surface area contributed by atoms with Gasteiger partial charge < -0.3 is 14.2 Å². The maximum atomic E-state index is 12.7. The van der Waals surface area contributed by atoms with Crippen molar-refractivity contribution >= 4 is 11.9 Å². The fourth-order valence-electron chi connectivity index (χ4n) is 3.41. The average Bonchev–Trinajstić information content (AvgIpc) is 3.13. The third-order valence-electron chi connectivity index (χ3n) is 5.06. The standard InChI is InChI=1S/C24H20N2O7/c1-15-20(33-23(29)17-10-6-3-7-11-17)18(14-31-22(28)16-8-4-2-5-9-16)32-21(15)26-13-12-19(27)25-24(26)30/h2-13,18,20-21H,1,14H2,(H,25,27,30)/t18-,20+,21-/m1/s1. The van der Waals surface area contributed by atoms with Crippen molar-refractivity contribution in [3.63, 3.8) is 0 Å². The molecule has 9 nitrogen and oxygen atoms in total. The van der Waals surface area contributed by atoms with E-state index in [0.29, 0.717) is 11.1 Å². The van der Waals surface area contributed by atoms with Crippen molar-refractivity contribution in [1.82, 2.24) is 9.55 Å². The number of hydrogen-bond acceptors (Lipinski definition) is 7. The van der Waals surface area contributed by atoms with Gasteiger partial charge in [-0.05, 0) is 24.3 Å². The largest absolute Gasteiger partial charge is 0.459 e. The number of aromatic amines is 1. The van der Waals surface area contributed by atoms with Gasteiger partial charge in [-0.25, -0.2) is 14.4 Å². The SMILES string of the molecule is C=C1[C@H](n2ccc(=O)[nH]c2=O)O[C@H](COC(=O)c2ccccc2)[C@H]1OC(=O)c1ccccc1. The molecule has 1 fully saturated rings. The maximum absolute atomic E-state index is 12.7. The number of ether oxygens (including phenoxy) is 3.